The molecule has 0 aromatic heterocycles. The van der Waals surface area contributed by atoms with Crippen molar-refractivity contribution in [3.63, 3.8) is 0 Å². The van der Waals surface area contributed by atoms with Gasteiger partial charge >= 0.3 is 0 Å². The van der Waals surface area contributed by atoms with Crippen LogP contribution in [0.1, 0.15) is 126 Å². The fourth-order valence-corrected chi connectivity index (χ4v) is 11.8. The Morgan fingerprint density at radius 1 is 1.12 bits per heavy atom. The van der Waals surface area contributed by atoms with Crippen molar-refractivity contribution in [1.29, 1.82) is 5.41 Å². The lowest BCUT2D eigenvalue weighted by atomic mass is 9.59. The van der Waals surface area contributed by atoms with Crippen LogP contribution in [0, 0.1) is 45.3 Å². The van der Waals surface area contributed by atoms with Crippen molar-refractivity contribution in [3.8, 4) is 0 Å². The number of nitrogens with zero attached hydrogens (tertiary/aromatic N) is 1. The Balaban J connectivity index is 0.000000193. The van der Waals surface area contributed by atoms with Gasteiger partial charge in [0.05, 0.1) is 0 Å². The lowest BCUT2D eigenvalue weighted by Gasteiger charge is -2.45. The van der Waals surface area contributed by atoms with E-state index in [1.54, 1.807) is 5.57 Å². The first-order valence-corrected chi connectivity index (χ1v) is 17.2. The van der Waals surface area contributed by atoms with Crippen molar-refractivity contribution >= 4 is 5.71 Å². The molecule has 6 aliphatic rings. The summed E-state index contributed by atoms with van der Waals surface area (Å²) in [6.45, 7) is 22.1. The highest BCUT2D eigenvalue weighted by atomic mass is 15.2. The average molecular weight is 550 g/mol. The second-order valence-corrected chi connectivity index (χ2v) is 15.3. The lowest BCUT2D eigenvalue weighted by Crippen LogP contribution is -2.40. The Morgan fingerprint density at radius 2 is 1.88 bits per heavy atom. The van der Waals surface area contributed by atoms with Crippen LogP contribution in [0.3, 0.4) is 0 Å². The first-order valence-electron chi connectivity index (χ1n) is 17.2. The van der Waals surface area contributed by atoms with Gasteiger partial charge < -0.3 is 15.6 Å². The van der Waals surface area contributed by atoms with E-state index >= 15 is 0 Å². The Hall–Kier alpha value is -1.35. The van der Waals surface area contributed by atoms with Gasteiger partial charge in [0.15, 0.2) is 0 Å². The van der Waals surface area contributed by atoms with Crippen molar-refractivity contribution < 1.29 is 1.43 Å². The summed E-state index contributed by atoms with van der Waals surface area (Å²) >= 11 is 0. The molecule has 6 rings (SSSR count). The van der Waals surface area contributed by atoms with Crippen LogP contribution >= 0.6 is 0 Å². The van der Waals surface area contributed by atoms with Gasteiger partial charge in [0.2, 0.25) is 0 Å². The van der Waals surface area contributed by atoms with Gasteiger partial charge in [-0.15, -0.1) is 0 Å². The molecule has 1 saturated heterocycles. The van der Waals surface area contributed by atoms with Crippen LogP contribution in [0.5, 0.6) is 0 Å². The van der Waals surface area contributed by atoms with E-state index in [-0.39, 0.29) is 1.43 Å². The summed E-state index contributed by atoms with van der Waals surface area (Å²) in [5.41, 5.74) is 5.47. The van der Waals surface area contributed by atoms with E-state index in [1.165, 1.54) is 109 Å². The zero-order valence-electron chi connectivity index (χ0n) is 26.8. The molecule has 8 unspecified atom stereocenters. The number of hydrogen-bond acceptors (Lipinski definition) is 3. The summed E-state index contributed by atoms with van der Waals surface area (Å²) in [7, 11) is 0. The summed E-state index contributed by atoms with van der Waals surface area (Å²) in [5.74, 6) is 3.22. The number of nitrogens with one attached hydrogen (secondary N) is 2. The third-order valence-electron chi connectivity index (χ3n) is 13.2. The predicted octanol–water partition coefficient (Wildman–Crippen LogP) is 9.56. The van der Waals surface area contributed by atoms with Gasteiger partial charge in [0.1, 0.15) is 0 Å². The topological polar surface area (TPSA) is 39.1 Å². The molecule has 0 amide bonds. The summed E-state index contributed by atoms with van der Waals surface area (Å²) < 4.78 is 0. The maximum atomic E-state index is 8.32. The van der Waals surface area contributed by atoms with E-state index in [0.29, 0.717) is 22.2 Å². The third kappa shape index (κ3) is 4.79. The van der Waals surface area contributed by atoms with Crippen LogP contribution in [0.4, 0.5) is 0 Å². The molecule has 5 aliphatic carbocycles. The molecule has 5 saturated carbocycles. The molecule has 1 heterocycles. The second-order valence-electron chi connectivity index (χ2n) is 15.3. The van der Waals surface area contributed by atoms with E-state index in [9.17, 15) is 0 Å². The summed E-state index contributed by atoms with van der Waals surface area (Å²) in [6.07, 6.45) is 23.5. The largest absolute Gasteiger partial charge is 0.372 e. The molecule has 6 fully saturated rings. The van der Waals surface area contributed by atoms with Crippen molar-refractivity contribution in [2.45, 2.75) is 137 Å². The van der Waals surface area contributed by atoms with Crippen molar-refractivity contribution in [1.82, 2.24) is 10.2 Å². The molecule has 3 nitrogen and oxygen atoms in total. The number of fused-ring (bicyclic) bond motifs is 2. The number of rotatable bonds is 9. The maximum Gasteiger partial charge on any atom is 0.0286 e. The fraction of sp³-hybridized carbons (Fsp3) is 0.811. The van der Waals surface area contributed by atoms with E-state index < -0.39 is 0 Å². The van der Waals surface area contributed by atoms with Crippen LogP contribution in [0.25, 0.3) is 0 Å². The minimum absolute atomic E-state index is 0. The first-order chi connectivity index (χ1) is 19.2. The summed E-state index contributed by atoms with van der Waals surface area (Å²) in [6, 6.07) is 1.53. The van der Waals surface area contributed by atoms with Crippen LogP contribution in [0.2, 0.25) is 0 Å². The molecule has 0 radical (unpaired) electrons. The van der Waals surface area contributed by atoms with Gasteiger partial charge in [-0.1, -0.05) is 70.9 Å². The van der Waals surface area contributed by atoms with Gasteiger partial charge in [0, 0.05) is 42.8 Å². The molecule has 0 bridgehead atoms. The second kappa shape index (κ2) is 11.7. The normalized spacial score (nSPS) is 42.5. The average Bonchev–Trinajstić information content (AvgIpc) is 3.52. The zero-order valence-corrected chi connectivity index (χ0v) is 26.8. The molecule has 1 aliphatic heterocycles. The minimum Gasteiger partial charge on any atom is -0.372 e. The van der Waals surface area contributed by atoms with Gasteiger partial charge in [-0.25, -0.2) is 0 Å². The molecule has 8 atom stereocenters. The van der Waals surface area contributed by atoms with Crippen molar-refractivity contribution in [3.05, 3.63) is 36.6 Å². The zero-order chi connectivity index (χ0) is 28.7. The highest BCUT2D eigenvalue weighted by Crippen LogP contribution is 2.90. The van der Waals surface area contributed by atoms with Crippen LogP contribution in [-0.4, -0.2) is 35.8 Å². The minimum atomic E-state index is 0. The predicted molar refractivity (Wildman–Crippen MR) is 174 cm³/mol. The molecule has 0 aromatic carbocycles. The third-order valence-corrected chi connectivity index (χ3v) is 13.2. The van der Waals surface area contributed by atoms with E-state index in [0.717, 1.165) is 35.5 Å². The molecule has 0 aromatic rings. The van der Waals surface area contributed by atoms with E-state index in [4.69, 9.17) is 5.41 Å². The Kier molecular flexibility index (Phi) is 8.84. The van der Waals surface area contributed by atoms with E-state index in [2.05, 4.69) is 64.1 Å². The highest BCUT2D eigenvalue weighted by Gasteiger charge is 2.84. The lowest BCUT2D eigenvalue weighted by molar-refractivity contribution is 0.0524. The Morgan fingerprint density at radius 3 is 2.48 bits per heavy atom. The molecule has 1 spiro atoms. The Bertz CT molecular complexity index is 996. The van der Waals surface area contributed by atoms with Crippen LogP contribution < -0.4 is 5.32 Å². The van der Waals surface area contributed by atoms with Gasteiger partial charge in [-0.05, 0) is 120 Å². The molecule has 40 heavy (non-hydrogen) atoms. The van der Waals surface area contributed by atoms with Gasteiger partial charge in [-0.3, -0.25) is 0 Å². The van der Waals surface area contributed by atoms with Gasteiger partial charge in [0.25, 0.3) is 0 Å². The monoisotopic (exact) mass is 550 g/mol. The number of allylic oxidation sites excluding steroid dienone is 4. The number of hydrogen-bond donors (Lipinski definition) is 2. The molecular formula is C37H63N3. The molecular weight excluding hydrogens is 486 g/mol. The molecule has 3 heteroatoms. The molecule has 2 N–H and O–H groups in total. The van der Waals surface area contributed by atoms with Crippen molar-refractivity contribution in [2.75, 3.05) is 13.1 Å². The SMILES string of the molecule is C=C(C)N(CCC1CC(C)CN1)C1CCCC1.C=C/C=C1/CCC23C4CCC(C(C)=N)C4(C)CCC2C13CCC.[HH]. The molecule has 226 valence electrons. The first kappa shape index (κ1) is 30.1. The summed E-state index contributed by atoms with van der Waals surface area (Å²) in [5, 5.41) is 12.0. The maximum absolute atomic E-state index is 8.32. The highest BCUT2D eigenvalue weighted by molar-refractivity contribution is 5.82. The van der Waals surface area contributed by atoms with Gasteiger partial charge in [-0.2, -0.15) is 0 Å². The smallest absolute Gasteiger partial charge is 0.0286 e. The standard InChI is InChI=1S/C22H33N.C15H28N2.H2/c1-5-7-16-10-14-22-18-9-8-17(15(3)23)20(18,4)13-11-19(22)21(16,22)12-6-2;1-12(2)17(15-6-4-5-7-15)9-8-14-10-13(3)11-16-14;/h5,7,17-19,23H,1,6,8-14H2,2-4H3;13-16H,1,4-11H2,2-3H3;1H/b16-7-,23-15?;;. The fourth-order valence-electron chi connectivity index (χ4n) is 11.8. The summed E-state index contributed by atoms with van der Waals surface area (Å²) in [4.78, 5) is 2.57. The Labute approximate surface area is 248 Å². The quantitative estimate of drug-likeness (QED) is 0.281. The van der Waals surface area contributed by atoms with E-state index in [1.807, 2.05) is 6.08 Å². The van der Waals surface area contributed by atoms with Crippen LogP contribution in [0.15, 0.2) is 36.6 Å². The van der Waals surface area contributed by atoms with Crippen LogP contribution in [-0.2, 0) is 0 Å². The van der Waals surface area contributed by atoms with Crippen molar-refractivity contribution in [2.24, 2.45) is 39.9 Å².